The van der Waals surface area contributed by atoms with Crippen molar-refractivity contribution in [3.63, 3.8) is 0 Å². The van der Waals surface area contributed by atoms with Crippen molar-refractivity contribution in [1.82, 2.24) is 0 Å². The average molecular weight is 519 g/mol. The Balaban J connectivity index is 1.39. The van der Waals surface area contributed by atoms with Gasteiger partial charge < -0.3 is 34.0 Å². The van der Waals surface area contributed by atoms with E-state index in [2.05, 4.69) is 13.0 Å². The fourth-order valence-electron chi connectivity index (χ4n) is 9.97. The second kappa shape index (κ2) is 8.10. The van der Waals surface area contributed by atoms with Gasteiger partial charge in [-0.25, -0.2) is 0 Å². The summed E-state index contributed by atoms with van der Waals surface area (Å²) in [6.45, 7) is 11.9. The van der Waals surface area contributed by atoms with E-state index < -0.39 is 52.6 Å². The van der Waals surface area contributed by atoms with E-state index in [1.807, 2.05) is 34.6 Å². The summed E-state index contributed by atoms with van der Waals surface area (Å²) in [4.78, 5) is 26.7. The highest BCUT2D eigenvalue weighted by molar-refractivity contribution is 5.90. The molecule has 2 aliphatic heterocycles. The van der Waals surface area contributed by atoms with Crippen molar-refractivity contribution in [3.05, 3.63) is 11.6 Å². The molecule has 2 saturated heterocycles. The number of fused-ring (bicyclic) bond motifs is 3. The number of carboxylic acid groups (broad SMARTS) is 1. The highest BCUT2D eigenvalue weighted by Crippen LogP contribution is 2.82. The van der Waals surface area contributed by atoms with Gasteiger partial charge in [0.1, 0.15) is 30.0 Å². The van der Waals surface area contributed by atoms with Crippen molar-refractivity contribution in [1.29, 1.82) is 0 Å². The minimum Gasteiger partial charge on any atom is -0.481 e. The second-order valence-electron chi connectivity index (χ2n) is 13.6. The van der Waals surface area contributed by atoms with Gasteiger partial charge in [0.2, 0.25) is 0 Å². The molecule has 8 nitrogen and oxygen atoms in total. The zero-order valence-electron chi connectivity index (χ0n) is 22.8. The summed E-state index contributed by atoms with van der Waals surface area (Å²) in [5, 5.41) is 22.3. The Morgan fingerprint density at radius 1 is 1.19 bits per heavy atom. The molecule has 0 aromatic heterocycles. The first-order chi connectivity index (χ1) is 17.3. The van der Waals surface area contributed by atoms with Gasteiger partial charge in [-0.1, -0.05) is 38.8 Å². The van der Waals surface area contributed by atoms with E-state index >= 15 is 0 Å². The normalized spacial score (nSPS) is 53.2. The summed E-state index contributed by atoms with van der Waals surface area (Å²) in [6.07, 6.45) is 2.92. The Bertz CT molecular complexity index is 1020. The van der Waals surface area contributed by atoms with Crippen LogP contribution >= 0.6 is 0 Å². The van der Waals surface area contributed by atoms with Crippen LogP contribution < -0.4 is 0 Å². The van der Waals surface area contributed by atoms with Crippen LogP contribution in [-0.2, 0) is 28.5 Å². The Morgan fingerprint density at radius 3 is 2.54 bits per heavy atom. The minimum atomic E-state index is -1.31. The summed E-state index contributed by atoms with van der Waals surface area (Å²) in [6, 6.07) is 0. The quantitative estimate of drug-likeness (QED) is 0.406. The van der Waals surface area contributed by atoms with Gasteiger partial charge in [-0.15, -0.1) is 0 Å². The van der Waals surface area contributed by atoms with Crippen LogP contribution in [0.5, 0.6) is 0 Å². The van der Waals surface area contributed by atoms with Crippen molar-refractivity contribution in [2.75, 3.05) is 6.61 Å². The Labute approximate surface area is 219 Å². The molecule has 8 heteroatoms. The Hall–Kier alpha value is -1.32. The highest BCUT2D eigenvalue weighted by Gasteiger charge is 2.84. The number of aliphatic hydroxyl groups is 1. The number of hydrogen-bond acceptors (Lipinski definition) is 7. The van der Waals surface area contributed by atoms with E-state index in [4.69, 9.17) is 18.9 Å². The summed E-state index contributed by atoms with van der Waals surface area (Å²) >= 11 is 0. The lowest BCUT2D eigenvalue weighted by Gasteiger charge is -2.58. The van der Waals surface area contributed by atoms with Crippen LogP contribution in [0.1, 0.15) is 67.2 Å². The number of aldehydes is 1. The molecule has 0 aromatic rings. The number of aliphatic carboxylic acids is 1. The van der Waals surface area contributed by atoms with Gasteiger partial charge in [-0.05, 0) is 69.6 Å². The van der Waals surface area contributed by atoms with Gasteiger partial charge in [0.05, 0.1) is 18.1 Å². The van der Waals surface area contributed by atoms with E-state index in [0.29, 0.717) is 18.8 Å². The predicted molar refractivity (Wildman–Crippen MR) is 132 cm³/mol. The third-order valence-electron chi connectivity index (χ3n) is 11.2. The number of carbonyl (C=O) groups excluding carboxylic acids is 1. The fourth-order valence-corrected chi connectivity index (χ4v) is 9.97. The molecule has 4 aliphatic carbocycles. The largest absolute Gasteiger partial charge is 0.481 e. The first-order valence-electron chi connectivity index (χ1n) is 14.1. The standard InChI is InChI=1S/C29H42O8/c1-14(2)20-9-17-10-27(12-30)19-8-7-15(3)18(19)11-28(17,29(20,27)25(32)33)13-34-24-21(31)23-22(16(4)35-24)36-26(5,6)37-23/h9,12,14-19,21-24,31H,7-8,10-11,13H2,1-6H3,(H,32,33)/t15?,16-,17?,18?,19?,21-,22-,23+,24-,27?,28?,29?/m1/s1. The molecule has 0 spiro atoms. The molecule has 2 N–H and O–H groups in total. The maximum Gasteiger partial charge on any atom is 0.315 e. The van der Waals surface area contributed by atoms with E-state index in [-0.39, 0.29) is 36.4 Å². The highest BCUT2D eigenvalue weighted by atomic mass is 16.8. The first kappa shape index (κ1) is 25.9. The van der Waals surface area contributed by atoms with E-state index in [0.717, 1.165) is 24.7 Å². The number of hydrogen-bond donors (Lipinski definition) is 2. The molecule has 12 atom stereocenters. The van der Waals surface area contributed by atoms with Crippen LogP contribution in [0.3, 0.4) is 0 Å². The topological polar surface area (TPSA) is 112 Å². The van der Waals surface area contributed by atoms with E-state index in [9.17, 15) is 19.8 Å². The van der Waals surface area contributed by atoms with Crippen molar-refractivity contribution in [2.45, 2.75) is 104 Å². The van der Waals surface area contributed by atoms with Crippen LogP contribution in [0.25, 0.3) is 0 Å². The number of rotatable bonds is 6. The smallest absolute Gasteiger partial charge is 0.315 e. The molecule has 6 rings (SSSR count). The third kappa shape index (κ3) is 3.02. The molecule has 4 bridgehead atoms. The van der Waals surface area contributed by atoms with Crippen molar-refractivity contribution in [3.8, 4) is 0 Å². The van der Waals surface area contributed by atoms with E-state index in [1.54, 1.807) is 0 Å². The molecule has 0 aromatic carbocycles. The summed E-state index contributed by atoms with van der Waals surface area (Å²) in [5.41, 5.74) is -2.15. The lowest BCUT2D eigenvalue weighted by Crippen LogP contribution is -2.64. The van der Waals surface area contributed by atoms with Crippen molar-refractivity contribution in [2.24, 2.45) is 45.8 Å². The molecule has 5 fully saturated rings. The Kier molecular flexibility index (Phi) is 5.68. The van der Waals surface area contributed by atoms with Crippen LogP contribution in [0.15, 0.2) is 11.6 Å². The van der Waals surface area contributed by atoms with Crippen LogP contribution in [0.4, 0.5) is 0 Å². The lowest BCUT2D eigenvalue weighted by atomic mass is 9.43. The van der Waals surface area contributed by atoms with Crippen LogP contribution in [-0.4, -0.2) is 65.6 Å². The molecule has 37 heavy (non-hydrogen) atoms. The number of allylic oxidation sites excluding steroid dienone is 1. The Morgan fingerprint density at radius 2 is 1.89 bits per heavy atom. The number of ether oxygens (including phenoxy) is 4. The summed E-state index contributed by atoms with van der Waals surface area (Å²) < 4.78 is 24.5. The molecule has 6 aliphatic rings. The first-order valence-corrected chi connectivity index (χ1v) is 14.1. The number of aliphatic hydroxyl groups excluding tert-OH is 1. The predicted octanol–water partition coefficient (Wildman–Crippen LogP) is 3.55. The fraction of sp³-hybridized carbons (Fsp3) is 0.862. The van der Waals surface area contributed by atoms with Gasteiger partial charge in [0, 0.05) is 5.41 Å². The third-order valence-corrected chi connectivity index (χ3v) is 11.2. The van der Waals surface area contributed by atoms with Gasteiger partial charge in [-0.2, -0.15) is 0 Å². The van der Waals surface area contributed by atoms with Crippen LogP contribution in [0, 0.1) is 45.8 Å². The molecule has 0 radical (unpaired) electrons. The molecule has 2 heterocycles. The van der Waals surface area contributed by atoms with Crippen molar-refractivity contribution >= 4 is 12.3 Å². The SMILES string of the molecule is CC(C)C1=CC2CC3(C=O)C4CCC(C)C4CC2(CO[C@@H]2O[C@H](C)[C@H]4OC(C)(C)O[C@H]4[C@H]2O)C13C(=O)O. The monoisotopic (exact) mass is 518 g/mol. The van der Waals surface area contributed by atoms with Gasteiger partial charge in [-0.3, -0.25) is 4.79 Å². The summed E-state index contributed by atoms with van der Waals surface area (Å²) in [7, 11) is 0. The molecular formula is C29H42O8. The average Bonchev–Trinajstić information content (AvgIpc) is 3.50. The zero-order chi connectivity index (χ0) is 26.7. The summed E-state index contributed by atoms with van der Waals surface area (Å²) in [5.74, 6) is -1.04. The molecular weight excluding hydrogens is 476 g/mol. The zero-order valence-corrected chi connectivity index (χ0v) is 22.8. The van der Waals surface area contributed by atoms with Gasteiger partial charge >= 0.3 is 5.97 Å². The molecule has 206 valence electrons. The molecule has 0 amide bonds. The molecule has 7 unspecified atom stereocenters. The maximum absolute atomic E-state index is 13.6. The van der Waals surface area contributed by atoms with Crippen molar-refractivity contribution < 1.29 is 38.7 Å². The number of carboxylic acids is 1. The minimum absolute atomic E-state index is 0.000883. The molecule has 3 saturated carbocycles. The maximum atomic E-state index is 13.6. The number of carbonyl (C=O) groups is 2. The van der Waals surface area contributed by atoms with Gasteiger partial charge in [0.25, 0.3) is 0 Å². The lowest BCUT2D eigenvalue weighted by molar-refractivity contribution is -0.287. The van der Waals surface area contributed by atoms with Gasteiger partial charge in [0.15, 0.2) is 12.1 Å². The van der Waals surface area contributed by atoms with E-state index in [1.165, 1.54) is 0 Å². The van der Waals surface area contributed by atoms with Crippen LogP contribution in [0.2, 0.25) is 0 Å². The second-order valence-corrected chi connectivity index (χ2v) is 13.6.